The Morgan fingerprint density at radius 2 is 2.00 bits per heavy atom. The minimum Gasteiger partial charge on any atom is -0.271 e. The minimum absolute atomic E-state index is 0.161. The van der Waals surface area contributed by atoms with Gasteiger partial charge in [0.15, 0.2) is 0 Å². The molecule has 0 atom stereocenters. The quantitative estimate of drug-likeness (QED) is 0.834. The van der Waals surface area contributed by atoms with Crippen molar-refractivity contribution in [2.24, 2.45) is 0 Å². The van der Waals surface area contributed by atoms with Crippen molar-refractivity contribution in [1.29, 1.82) is 0 Å². The molecule has 0 aliphatic rings. The van der Waals surface area contributed by atoms with E-state index in [9.17, 15) is 8.42 Å². The van der Waals surface area contributed by atoms with Crippen molar-refractivity contribution in [3.63, 3.8) is 0 Å². The summed E-state index contributed by atoms with van der Waals surface area (Å²) >= 11 is 0. The molecule has 2 aromatic heterocycles. The second kappa shape index (κ2) is 6.62. The molecule has 0 saturated carbocycles. The van der Waals surface area contributed by atoms with E-state index < -0.39 is 10.0 Å². The zero-order valence-corrected chi connectivity index (χ0v) is 12.2. The second-order valence-corrected chi connectivity index (χ2v) is 6.34. The average Bonchev–Trinajstić information content (AvgIpc) is 2.88. The largest absolute Gasteiger partial charge is 0.271 e. The number of pyridine rings is 1. The fourth-order valence-electron chi connectivity index (χ4n) is 1.82. The highest BCUT2D eigenvalue weighted by Gasteiger charge is 2.07. The van der Waals surface area contributed by atoms with E-state index in [1.54, 1.807) is 17.1 Å². The zero-order valence-electron chi connectivity index (χ0n) is 11.4. The van der Waals surface area contributed by atoms with Crippen molar-refractivity contribution in [2.45, 2.75) is 19.9 Å². The van der Waals surface area contributed by atoms with Gasteiger partial charge in [-0.05, 0) is 24.6 Å². The van der Waals surface area contributed by atoms with E-state index >= 15 is 0 Å². The fourth-order valence-corrected chi connectivity index (χ4v) is 2.90. The van der Waals surface area contributed by atoms with E-state index in [0.717, 1.165) is 11.3 Å². The first-order chi connectivity index (χ1) is 9.61. The van der Waals surface area contributed by atoms with Crippen LogP contribution in [-0.2, 0) is 16.6 Å². The zero-order chi connectivity index (χ0) is 14.4. The molecule has 0 bridgehead atoms. The summed E-state index contributed by atoms with van der Waals surface area (Å²) in [7, 11) is -3.15. The third kappa shape index (κ3) is 4.14. The molecule has 0 fully saturated rings. The number of nitrogens with zero attached hydrogens (tertiary/aromatic N) is 3. The van der Waals surface area contributed by atoms with Gasteiger partial charge < -0.3 is 0 Å². The van der Waals surface area contributed by atoms with E-state index in [0.29, 0.717) is 19.5 Å². The molecule has 1 N–H and O–H groups in total. The fraction of sp³-hybridized carbons (Fsp3) is 0.385. The molecule has 0 aliphatic carbocycles. The Balaban J connectivity index is 1.91. The van der Waals surface area contributed by atoms with Crippen molar-refractivity contribution < 1.29 is 8.42 Å². The molecule has 20 heavy (non-hydrogen) atoms. The minimum atomic E-state index is -3.15. The maximum absolute atomic E-state index is 11.5. The van der Waals surface area contributed by atoms with Crippen molar-refractivity contribution in [1.82, 2.24) is 19.5 Å². The summed E-state index contributed by atoms with van der Waals surface area (Å²) in [4.78, 5) is 3.96. The molecule has 0 spiro atoms. The molecule has 0 aromatic carbocycles. The van der Waals surface area contributed by atoms with Crippen LogP contribution in [0.2, 0.25) is 0 Å². The highest BCUT2D eigenvalue weighted by atomic mass is 32.2. The van der Waals surface area contributed by atoms with Crippen LogP contribution in [0.5, 0.6) is 0 Å². The molecule has 0 radical (unpaired) electrons. The Labute approximate surface area is 118 Å². The Morgan fingerprint density at radius 3 is 2.70 bits per heavy atom. The van der Waals surface area contributed by atoms with Crippen LogP contribution in [0, 0.1) is 0 Å². The summed E-state index contributed by atoms with van der Waals surface area (Å²) in [5.41, 5.74) is 1.84. The normalized spacial score (nSPS) is 11.7. The molecule has 6 nitrogen and oxygen atoms in total. The van der Waals surface area contributed by atoms with Crippen LogP contribution < -0.4 is 4.72 Å². The highest BCUT2D eigenvalue weighted by molar-refractivity contribution is 7.89. The Morgan fingerprint density at radius 1 is 1.25 bits per heavy atom. The highest BCUT2D eigenvalue weighted by Crippen LogP contribution is 2.14. The standard InChI is InChI=1S/C13H18N4O2S/c1-2-11-20(18,19)15-8-10-17-9-5-13(16-17)12-3-6-14-7-4-12/h3-7,9,15H,2,8,10-11H2,1H3. The Hall–Kier alpha value is -1.73. The third-order valence-corrected chi connectivity index (χ3v) is 4.34. The van der Waals surface area contributed by atoms with Crippen LogP contribution in [-0.4, -0.2) is 35.5 Å². The van der Waals surface area contributed by atoms with E-state index in [2.05, 4.69) is 14.8 Å². The van der Waals surface area contributed by atoms with Gasteiger partial charge in [0.05, 0.1) is 18.0 Å². The van der Waals surface area contributed by atoms with Crippen LogP contribution in [0.3, 0.4) is 0 Å². The van der Waals surface area contributed by atoms with Gasteiger partial charge in [-0.3, -0.25) is 9.67 Å². The lowest BCUT2D eigenvalue weighted by molar-refractivity contribution is 0.560. The van der Waals surface area contributed by atoms with E-state index in [1.165, 1.54) is 0 Å². The van der Waals surface area contributed by atoms with Gasteiger partial charge >= 0.3 is 0 Å². The molecule has 0 amide bonds. The van der Waals surface area contributed by atoms with Crippen molar-refractivity contribution in [3.8, 4) is 11.3 Å². The van der Waals surface area contributed by atoms with Crippen molar-refractivity contribution in [2.75, 3.05) is 12.3 Å². The molecule has 108 valence electrons. The molecule has 2 aromatic rings. The predicted octanol–water partition coefficient (Wildman–Crippen LogP) is 1.27. The number of rotatable bonds is 7. The second-order valence-electron chi connectivity index (χ2n) is 4.41. The predicted molar refractivity (Wildman–Crippen MR) is 77.5 cm³/mol. The van der Waals surface area contributed by atoms with Gasteiger partial charge in [-0.15, -0.1) is 0 Å². The first kappa shape index (κ1) is 14.7. The first-order valence-corrected chi connectivity index (χ1v) is 8.17. The van der Waals surface area contributed by atoms with Gasteiger partial charge in [-0.25, -0.2) is 13.1 Å². The molecule has 2 heterocycles. The van der Waals surface area contributed by atoms with E-state index in [4.69, 9.17) is 0 Å². The lowest BCUT2D eigenvalue weighted by atomic mass is 10.2. The number of sulfonamides is 1. The number of hydrogen-bond donors (Lipinski definition) is 1. The SMILES string of the molecule is CCCS(=O)(=O)NCCn1ccc(-c2ccncc2)n1. The monoisotopic (exact) mass is 294 g/mol. The van der Waals surface area contributed by atoms with Gasteiger partial charge in [-0.2, -0.15) is 5.10 Å². The third-order valence-electron chi connectivity index (χ3n) is 2.75. The average molecular weight is 294 g/mol. The lowest BCUT2D eigenvalue weighted by Crippen LogP contribution is -2.29. The van der Waals surface area contributed by atoms with Crippen LogP contribution >= 0.6 is 0 Å². The van der Waals surface area contributed by atoms with Crippen LogP contribution in [0.25, 0.3) is 11.3 Å². The summed E-state index contributed by atoms with van der Waals surface area (Å²) in [5.74, 6) is 0.161. The topological polar surface area (TPSA) is 76.9 Å². The number of nitrogens with one attached hydrogen (secondary N) is 1. The van der Waals surface area contributed by atoms with Crippen LogP contribution in [0.15, 0.2) is 36.8 Å². The van der Waals surface area contributed by atoms with Crippen molar-refractivity contribution >= 4 is 10.0 Å². The molecule has 0 aliphatic heterocycles. The molecule has 0 unspecified atom stereocenters. The van der Waals surface area contributed by atoms with E-state index in [-0.39, 0.29) is 5.75 Å². The maximum Gasteiger partial charge on any atom is 0.211 e. The Kier molecular flexibility index (Phi) is 4.86. The molecule has 2 rings (SSSR count). The lowest BCUT2D eigenvalue weighted by Gasteiger charge is -2.05. The summed E-state index contributed by atoms with van der Waals surface area (Å²) in [6, 6.07) is 5.67. The summed E-state index contributed by atoms with van der Waals surface area (Å²) in [6.45, 7) is 2.70. The summed E-state index contributed by atoms with van der Waals surface area (Å²) in [5, 5.41) is 4.40. The smallest absolute Gasteiger partial charge is 0.211 e. The van der Waals surface area contributed by atoms with Gasteiger partial charge in [0, 0.05) is 30.7 Å². The summed E-state index contributed by atoms with van der Waals surface area (Å²) in [6.07, 6.45) is 5.88. The van der Waals surface area contributed by atoms with Crippen LogP contribution in [0.4, 0.5) is 0 Å². The van der Waals surface area contributed by atoms with Gasteiger partial charge in [0.1, 0.15) is 0 Å². The molecule has 7 heteroatoms. The van der Waals surface area contributed by atoms with Crippen molar-refractivity contribution in [3.05, 3.63) is 36.8 Å². The Bertz CT molecular complexity index is 637. The summed E-state index contributed by atoms with van der Waals surface area (Å²) < 4.78 is 27.3. The van der Waals surface area contributed by atoms with Gasteiger partial charge in [0.25, 0.3) is 0 Å². The van der Waals surface area contributed by atoms with Crippen LogP contribution in [0.1, 0.15) is 13.3 Å². The van der Waals surface area contributed by atoms with Gasteiger partial charge in [-0.1, -0.05) is 6.92 Å². The van der Waals surface area contributed by atoms with Gasteiger partial charge in [0.2, 0.25) is 10.0 Å². The maximum atomic E-state index is 11.5. The molecular weight excluding hydrogens is 276 g/mol. The molecule has 0 saturated heterocycles. The molecular formula is C13H18N4O2S. The van der Waals surface area contributed by atoms with E-state index in [1.807, 2.05) is 31.3 Å². The number of hydrogen-bond acceptors (Lipinski definition) is 4. The number of aromatic nitrogens is 3. The first-order valence-electron chi connectivity index (χ1n) is 6.52.